The standard InChI is InChI=1S/C13H12O/c1-10-5-4-8-12(10)13-7-3-2-6-11(13)9-14/h2-7,9H,8H2,1H3. The van der Waals surface area contributed by atoms with Crippen molar-refractivity contribution in [3.8, 4) is 0 Å². The molecule has 1 aliphatic rings. The molecule has 14 heavy (non-hydrogen) atoms. The minimum absolute atomic E-state index is 0.783. The highest BCUT2D eigenvalue weighted by Gasteiger charge is 2.10. The van der Waals surface area contributed by atoms with E-state index in [-0.39, 0.29) is 0 Å². The topological polar surface area (TPSA) is 17.1 Å². The van der Waals surface area contributed by atoms with Crippen molar-refractivity contribution >= 4 is 11.9 Å². The molecule has 0 radical (unpaired) electrons. The average Bonchev–Trinajstić information content (AvgIpc) is 2.64. The lowest BCUT2D eigenvalue weighted by Crippen LogP contribution is -1.91. The van der Waals surface area contributed by atoms with Gasteiger partial charge in [0, 0.05) is 5.56 Å². The molecule has 0 amide bonds. The van der Waals surface area contributed by atoms with Crippen LogP contribution in [0.1, 0.15) is 29.3 Å². The van der Waals surface area contributed by atoms with Crippen molar-refractivity contribution < 1.29 is 4.79 Å². The molecular formula is C13H12O. The SMILES string of the molecule is CC1=C(c2ccccc2C=O)CC=C1. The first-order valence-corrected chi connectivity index (χ1v) is 4.74. The Bertz CT molecular complexity index is 425. The first kappa shape index (κ1) is 8.95. The second-order valence-corrected chi connectivity index (χ2v) is 3.47. The van der Waals surface area contributed by atoms with Gasteiger partial charge in [-0.2, -0.15) is 0 Å². The van der Waals surface area contributed by atoms with Crippen LogP contribution in [0.2, 0.25) is 0 Å². The van der Waals surface area contributed by atoms with Gasteiger partial charge in [-0.3, -0.25) is 4.79 Å². The number of rotatable bonds is 2. The molecule has 0 heterocycles. The molecule has 1 aliphatic carbocycles. The molecule has 1 aromatic carbocycles. The second kappa shape index (κ2) is 3.62. The van der Waals surface area contributed by atoms with Gasteiger partial charge in [-0.1, -0.05) is 36.4 Å². The third-order valence-electron chi connectivity index (χ3n) is 2.58. The van der Waals surface area contributed by atoms with Crippen LogP contribution in [0.3, 0.4) is 0 Å². The summed E-state index contributed by atoms with van der Waals surface area (Å²) in [5, 5.41) is 0. The number of allylic oxidation sites excluding steroid dienone is 4. The van der Waals surface area contributed by atoms with Gasteiger partial charge in [-0.05, 0) is 30.1 Å². The van der Waals surface area contributed by atoms with Crippen molar-refractivity contribution in [3.05, 3.63) is 53.1 Å². The van der Waals surface area contributed by atoms with Crippen LogP contribution in [0.5, 0.6) is 0 Å². The fourth-order valence-electron chi connectivity index (χ4n) is 1.81. The predicted molar refractivity (Wildman–Crippen MR) is 58.2 cm³/mol. The number of hydrogen-bond donors (Lipinski definition) is 0. The predicted octanol–water partition coefficient (Wildman–Crippen LogP) is 3.23. The number of hydrogen-bond acceptors (Lipinski definition) is 1. The summed E-state index contributed by atoms with van der Waals surface area (Å²) >= 11 is 0. The highest BCUT2D eigenvalue weighted by Crippen LogP contribution is 2.29. The van der Waals surface area contributed by atoms with Gasteiger partial charge < -0.3 is 0 Å². The van der Waals surface area contributed by atoms with Crippen LogP contribution in [-0.4, -0.2) is 6.29 Å². The number of carbonyl (C=O) groups is 1. The van der Waals surface area contributed by atoms with Gasteiger partial charge in [0.1, 0.15) is 0 Å². The molecule has 0 aromatic heterocycles. The van der Waals surface area contributed by atoms with E-state index in [1.165, 1.54) is 11.1 Å². The second-order valence-electron chi connectivity index (χ2n) is 3.47. The van der Waals surface area contributed by atoms with Gasteiger partial charge in [0.05, 0.1) is 0 Å². The van der Waals surface area contributed by atoms with E-state index in [1.54, 1.807) is 0 Å². The Hall–Kier alpha value is -1.63. The summed E-state index contributed by atoms with van der Waals surface area (Å²) in [6, 6.07) is 7.74. The normalized spacial score (nSPS) is 14.9. The van der Waals surface area contributed by atoms with Crippen LogP contribution in [0.25, 0.3) is 5.57 Å². The molecule has 2 rings (SSSR count). The summed E-state index contributed by atoms with van der Waals surface area (Å²) < 4.78 is 0. The van der Waals surface area contributed by atoms with Gasteiger partial charge in [0.15, 0.2) is 6.29 Å². The Labute approximate surface area is 83.8 Å². The summed E-state index contributed by atoms with van der Waals surface area (Å²) in [7, 11) is 0. The van der Waals surface area contributed by atoms with Crippen LogP contribution >= 0.6 is 0 Å². The monoisotopic (exact) mass is 184 g/mol. The van der Waals surface area contributed by atoms with Crippen LogP contribution in [-0.2, 0) is 0 Å². The van der Waals surface area contributed by atoms with Crippen LogP contribution in [0.15, 0.2) is 42.0 Å². The highest BCUT2D eigenvalue weighted by atomic mass is 16.1. The fraction of sp³-hybridized carbons (Fsp3) is 0.154. The number of aldehydes is 1. The third-order valence-corrected chi connectivity index (χ3v) is 2.58. The summed E-state index contributed by atoms with van der Waals surface area (Å²) in [5.41, 5.74) is 4.39. The lowest BCUT2D eigenvalue weighted by Gasteiger charge is -2.06. The van der Waals surface area contributed by atoms with Crippen molar-refractivity contribution in [1.82, 2.24) is 0 Å². The van der Waals surface area contributed by atoms with Crippen molar-refractivity contribution in [1.29, 1.82) is 0 Å². The maximum absolute atomic E-state index is 10.8. The van der Waals surface area contributed by atoms with E-state index in [4.69, 9.17) is 0 Å². The van der Waals surface area contributed by atoms with Crippen molar-refractivity contribution in [2.24, 2.45) is 0 Å². The zero-order valence-electron chi connectivity index (χ0n) is 8.16. The van der Waals surface area contributed by atoms with Gasteiger partial charge >= 0.3 is 0 Å². The largest absolute Gasteiger partial charge is 0.298 e. The van der Waals surface area contributed by atoms with Crippen LogP contribution < -0.4 is 0 Å². The van der Waals surface area contributed by atoms with E-state index in [9.17, 15) is 4.79 Å². The quantitative estimate of drug-likeness (QED) is 0.645. The molecule has 0 spiro atoms. The summed E-state index contributed by atoms with van der Waals surface area (Å²) in [6.45, 7) is 2.08. The molecule has 0 saturated heterocycles. The van der Waals surface area contributed by atoms with Crippen molar-refractivity contribution in [2.45, 2.75) is 13.3 Å². The summed E-state index contributed by atoms with van der Waals surface area (Å²) in [4.78, 5) is 10.8. The van der Waals surface area contributed by atoms with Gasteiger partial charge in [-0.25, -0.2) is 0 Å². The van der Waals surface area contributed by atoms with Crippen LogP contribution in [0.4, 0.5) is 0 Å². The molecule has 0 N–H and O–H groups in total. The molecule has 0 bridgehead atoms. The Morgan fingerprint density at radius 2 is 2.07 bits per heavy atom. The van der Waals surface area contributed by atoms with E-state index in [0.29, 0.717) is 0 Å². The van der Waals surface area contributed by atoms with Gasteiger partial charge in [-0.15, -0.1) is 0 Å². The molecular weight excluding hydrogens is 172 g/mol. The Morgan fingerprint density at radius 1 is 1.29 bits per heavy atom. The van der Waals surface area contributed by atoms with Crippen LogP contribution in [0, 0.1) is 0 Å². The molecule has 0 fully saturated rings. The molecule has 1 heteroatoms. The minimum Gasteiger partial charge on any atom is -0.298 e. The third kappa shape index (κ3) is 1.41. The lowest BCUT2D eigenvalue weighted by molar-refractivity contribution is 0.112. The van der Waals surface area contributed by atoms with E-state index >= 15 is 0 Å². The maximum Gasteiger partial charge on any atom is 0.150 e. The fourth-order valence-corrected chi connectivity index (χ4v) is 1.81. The zero-order chi connectivity index (χ0) is 9.97. The van der Waals surface area contributed by atoms with E-state index in [0.717, 1.165) is 23.8 Å². The molecule has 0 saturated carbocycles. The molecule has 1 nitrogen and oxygen atoms in total. The van der Waals surface area contributed by atoms with E-state index < -0.39 is 0 Å². The molecule has 70 valence electrons. The Morgan fingerprint density at radius 3 is 2.71 bits per heavy atom. The van der Waals surface area contributed by atoms with Crippen molar-refractivity contribution in [2.75, 3.05) is 0 Å². The average molecular weight is 184 g/mol. The first-order valence-electron chi connectivity index (χ1n) is 4.74. The van der Waals surface area contributed by atoms with Gasteiger partial charge in [0.25, 0.3) is 0 Å². The molecule has 1 aromatic rings. The highest BCUT2D eigenvalue weighted by molar-refractivity contribution is 5.88. The Balaban J connectivity index is 2.52. The smallest absolute Gasteiger partial charge is 0.150 e. The Kier molecular flexibility index (Phi) is 2.32. The number of carbonyl (C=O) groups excluding carboxylic acids is 1. The van der Waals surface area contributed by atoms with E-state index in [2.05, 4.69) is 19.1 Å². The number of benzene rings is 1. The maximum atomic E-state index is 10.8. The van der Waals surface area contributed by atoms with E-state index in [1.807, 2.05) is 24.3 Å². The summed E-state index contributed by atoms with van der Waals surface area (Å²) in [6.07, 6.45) is 6.10. The van der Waals surface area contributed by atoms with Crippen molar-refractivity contribution in [3.63, 3.8) is 0 Å². The first-order chi connectivity index (χ1) is 6.83. The summed E-state index contributed by atoms with van der Waals surface area (Å²) in [5.74, 6) is 0. The minimum atomic E-state index is 0.783. The molecule has 0 aliphatic heterocycles. The molecule has 0 atom stereocenters. The molecule has 0 unspecified atom stereocenters. The zero-order valence-corrected chi connectivity index (χ0v) is 8.16. The van der Waals surface area contributed by atoms with Gasteiger partial charge in [0.2, 0.25) is 0 Å². The lowest BCUT2D eigenvalue weighted by atomic mass is 9.97.